The van der Waals surface area contributed by atoms with Crippen LogP contribution in [0.4, 0.5) is 10.2 Å². The molecule has 118 valence electrons. The summed E-state index contributed by atoms with van der Waals surface area (Å²) < 4.78 is 14.3. The third-order valence-electron chi connectivity index (χ3n) is 3.80. The van der Waals surface area contributed by atoms with E-state index in [4.69, 9.17) is 0 Å². The number of nitrogens with zero attached hydrogens (tertiary/aromatic N) is 2. The molecule has 0 amide bonds. The molecule has 1 heterocycles. The fourth-order valence-corrected chi connectivity index (χ4v) is 2.62. The Hall–Kier alpha value is -3.19. The molecular weight excluding hydrogens is 301 g/mol. The standard InChI is InChI=1S/C20H16FN3/c21-18-11-5-4-10-17(18)19(13-15-7-2-1-3-8-15)24-20-16(14-22)9-6-12-23-20/h1-12,19H,13H2,(H,23,24). The summed E-state index contributed by atoms with van der Waals surface area (Å²) in [6.07, 6.45) is 2.20. The predicted molar refractivity (Wildman–Crippen MR) is 91.9 cm³/mol. The maximum atomic E-state index is 14.3. The van der Waals surface area contributed by atoms with Crippen molar-refractivity contribution in [1.82, 2.24) is 4.98 Å². The molecule has 2 aromatic carbocycles. The van der Waals surface area contributed by atoms with E-state index in [0.717, 1.165) is 5.56 Å². The Kier molecular flexibility index (Phi) is 4.83. The molecule has 3 aromatic rings. The van der Waals surface area contributed by atoms with Gasteiger partial charge in [-0.3, -0.25) is 0 Å². The number of benzene rings is 2. The molecule has 3 rings (SSSR count). The second kappa shape index (κ2) is 7.38. The minimum absolute atomic E-state index is 0.277. The van der Waals surface area contributed by atoms with Crippen molar-refractivity contribution in [2.45, 2.75) is 12.5 Å². The lowest BCUT2D eigenvalue weighted by molar-refractivity contribution is 0.590. The van der Waals surface area contributed by atoms with Crippen molar-refractivity contribution in [3.63, 3.8) is 0 Å². The lowest BCUT2D eigenvalue weighted by atomic mass is 9.98. The molecule has 1 N–H and O–H groups in total. The van der Waals surface area contributed by atoms with E-state index in [0.29, 0.717) is 23.4 Å². The first-order valence-electron chi connectivity index (χ1n) is 7.68. The highest BCUT2D eigenvalue weighted by atomic mass is 19.1. The van der Waals surface area contributed by atoms with Crippen molar-refractivity contribution < 1.29 is 4.39 Å². The third kappa shape index (κ3) is 3.58. The van der Waals surface area contributed by atoms with E-state index in [1.54, 1.807) is 30.5 Å². The van der Waals surface area contributed by atoms with Gasteiger partial charge in [0.05, 0.1) is 11.6 Å². The van der Waals surface area contributed by atoms with Gasteiger partial charge >= 0.3 is 0 Å². The first-order valence-corrected chi connectivity index (χ1v) is 7.68. The van der Waals surface area contributed by atoms with Gasteiger partial charge in [0.25, 0.3) is 0 Å². The van der Waals surface area contributed by atoms with Gasteiger partial charge < -0.3 is 5.32 Å². The molecule has 0 aliphatic rings. The van der Waals surface area contributed by atoms with Crippen molar-refractivity contribution >= 4 is 5.82 Å². The number of rotatable bonds is 5. The Morgan fingerprint density at radius 3 is 2.50 bits per heavy atom. The lowest BCUT2D eigenvalue weighted by Crippen LogP contribution is -2.16. The van der Waals surface area contributed by atoms with Crippen LogP contribution in [0.1, 0.15) is 22.7 Å². The van der Waals surface area contributed by atoms with E-state index in [1.807, 2.05) is 36.4 Å². The summed E-state index contributed by atoms with van der Waals surface area (Å²) in [6, 6.07) is 21.7. The van der Waals surface area contributed by atoms with Crippen LogP contribution in [0.2, 0.25) is 0 Å². The highest BCUT2D eigenvalue weighted by Crippen LogP contribution is 2.26. The molecule has 24 heavy (non-hydrogen) atoms. The Labute approximate surface area is 140 Å². The summed E-state index contributed by atoms with van der Waals surface area (Å²) in [6.45, 7) is 0. The van der Waals surface area contributed by atoms with Crippen LogP contribution in [0.3, 0.4) is 0 Å². The SMILES string of the molecule is N#Cc1cccnc1NC(Cc1ccccc1)c1ccccc1F. The topological polar surface area (TPSA) is 48.7 Å². The van der Waals surface area contributed by atoms with E-state index in [-0.39, 0.29) is 11.9 Å². The Balaban J connectivity index is 1.96. The lowest BCUT2D eigenvalue weighted by Gasteiger charge is -2.21. The third-order valence-corrected chi connectivity index (χ3v) is 3.80. The Morgan fingerprint density at radius 2 is 1.75 bits per heavy atom. The number of anilines is 1. The van der Waals surface area contributed by atoms with Gasteiger partial charge in [0.2, 0.25) is 0 Å². The summed E-state index contributed by atoms with van der Waals surface area (Å²) in [7, 11) is 0. The molecule has 0 fully saturated rings. The molecular formula is C20H16FN3. The highest BCUT2D eigenvalue weighted by molar-refractivity contribution is 5.53. The van der Waals surface area contributed by atoms with Crippen molar-refractivity contribution in [1.29, 1.82) is 5.26 Å². The van der Waals surface area contributed by atoms with Crippen LogP contribution < -0.4 is 5.32 Å². The van der Waals surface area contributed by atoms with E-state index in [1.165, 1.54) is 6.07 Å². The Bertz CT molecular complexity index is 856. The highest BCUT2D eigenvalue weighted by Gasteiger charge is 2.18. The van der Waals surface area contributed by atoms with Crippen molar-refractivity contribution in [3.05, 3.63) is 95.4 Å². The molecule has 0 bridgehead atoms. The summed E-state index contributed by atoms with van der Waals surface area (Å²) in [5.41, 5.74) is 2.07. The van der Waals surface area contributed by atoms with Crippen LogP contribution >= 0.6 is 0 Å². The molecule has 0 radical (unpaired) electrons. The summed E-state index contributed by atoms with van der Waals surface area (Å²) in [5, 5.41) is 12.5. The van der Waals surface area contributed by atoms with Crippen LogP contribution in [-0.2, 0) is 6.42 Å². The maximum absolute atomic E-state index is 14.3. The van der Waals surface area contributed by atoms with Gasteiger partial charge in [0.15, 0.2) is 0 Å². The first-order chi connectivity index (χ1) is 11.8. The van der Waals surface area contributed by atoms with Crippen molar-refractivity contribution in [2.75, 3.05) is 5.32 Å². The van der Waals surface area contributed by atoms with Crippen molar-refractivity contribution in [2.24, 2.45) is 0 Å². The molecule has 0 spiro atoms. The van der Waals surface area contributed by atoms with Crippen LogP contribution in [0.5, 0.6) is 0 Å². The largest absolute Gasteiger partial charge is 0.362 e. The zero-order chi connectivity index (χ0) is 16.8. The average Bonchev–Trinajstić information content (AvgIpc) is 2.63. The number of aromatic nitrogens is 1. The maximum Gasteiger partial charge on any atom is 0.144 e. The van der Waals surface area contributed by atoms with Crippen LogP contribution in [0.25, 0.3) is 0 Å². The second-order valence-corrected chi connectivity index (χ2v) is 5.42. The first kappa shape index (κ1) is 15.7. The Morgan fingerprint density at radius 1 is 1.00 bits per heavy atom. The minimum Gasteiger partial charge on any atom is -0.362 e. The normalized spacial score (nSPS) is 11.5. The zero-order valence-corrected chi connectivity index (χ0v) is 13.0. The smallest absolute Gasteiger partial charge is 0.144 e. The van der Waals surface area contributed by atoms with Gasteiger partial charge in [-0.25, -0.2) is 9.37 Å². The summed E-state index contributed by atoms with van der Waals surface area (Å²) in [4.78, 5) is 4.23. The molecule has 1 aromatic heterocycles. The fourth-order valence-electron chi connectivity index (χ4n) is 2.62. The number of hydrogen-bond acceptors (Lipinski definition) is 3. The van der Waals surface area contributed by atoms with Crippen molar-refractivity contribution in [3.8, 4) is 6.07 Å². The number of pyridine rings is 1. The molecule has 4 heteroatoms. The molecule has 3 nitrogen and oxygen atoms in total. The minimum atomic E-state index is -0.324. The van der Waals surface area contributed by atoms with Crippen LogP contribution in [-0.4, -0.2) is 4.98 Å². The molecule has 0 saturated heterocycles. The zero-order valence-electron chi connectivity index (χ0n) is 13.0. The molecule has 1 atom stereocenters. The molecule has 1 unspecified atom stereocenters. The average molecular weight is 317 g/mol. The van der Waals surface area contributed by atoms with E-state index < -0.39 is 0 Å². The van der Waals surface area contributed by atoms with Gasteiger partial charge in [-0.1, -0.05) is 48.5 Å². The molecule has 0 aliphatic carbocycles. The van der Waals surface area contributed by atoms with Gasteiger partial charge in [-0.2, -0.15) is 5.26 Å². The van der Waals surface area contributed by atoms with E-state index >= 15 is 0 Å². The van der Waals surface area contributed by atoms with Crippen LogP contribution in [0.15, 0.2) is 72.9 Å². The van der Waals surface area contributed by atoms with Gasteiger partial charge in [0, 0.05) is 11.8 Å². The second-order valence-electron chi connectivity index (χ2n) is 5.42. The van der Waals surface area contributed by atoms with Gasteiger partial charge in [-0.05, 0) is 30.2 Å². The monoisotopic (exact) mass is 317 g/mol. The predicted octanol–water partition coefficient (Wildman–Crippen LogP) is 4.49. The fraction of sp³-hybridized carbons (Fsp3) is 0.100. The van der Waals surface area contributed by atoms with Gasteiger partial charge in [-0.15, -0.1) is 0 Å². The van der Waals surface area contributed by atoms with Crippen LogP contribution in [0, 0.1) is 17.1 Å². The summed E-state index contributed by atoms with van der Waals surface area (Å²) >= 11 is 0. The number of nitrogens with one attached hydrogen (secondary N) is 1. The number of halogens is 1. The molecule has 0 aliphatic heterocycles. The van der Waals surface area contributed by atoms with E-state index in [9.17, 15) is 9.65 Å². The number of nitriles is 1. The van der Waals surface area contributed by atoms with E-state index in [2.05, 4.69) is 16.4 Å². The summed E-state index contributed by atoms with van der Waals surface area (Å²) in [5.74, 6) is 0.185. The molecule has 0 saturated carbocycles. The number of hydrogen-bond donors (Lipinski definition) is 1. The van der Waals surface area contributed by atoms with Gasteiger partial charge in [0.1, 0.15) is 17.7 Å². The quantitative estimate of drug-likeness (QED) is 0.754.